The minimum absolute atomic E-state index is 0.0189. The number of amides is 2. The van der Waals surface area contributed by atoms with Crippen molar-refractivity contribution in [3.63, 3.8) is 0 Å². The lowest BCUT2D eigenvalue weighted by Crippen LogP contribution is -2.51. The summed E-state index contributed by atoms with van der Waals surface area (Å²) in [7, 11) is 1.76. The first kappa shape index (κ1) is 15.2. The van der Waals surface area contributed by atoms with Crippen LogP contribution in [0.1, 0.15) is 12.0 Å². The Balaban J connectivity index is 1.99. The van der Waals surface area contributed by atoms with E-state index in [1.807, 2.05) is 16.8 Å². The molecular formula is C13H18N2O3S2. The molecular weight excluding hydrogens is 296 g/mol. The molecule has 0 saturated carbocycles. The SMILES string of the molecule is CN(Cc1ccsc1)C(=O)N1CCSCC1CC(=O)O. The lowest BCUT2D eigenvalue weighted by atomic mass is 10.2. The fraction of sp³-hybridized carbons (Fsp3) is 0.538. The minimum Gasteiger partial charge on any atom is -0.481 e. The summed E-state index contributed by atoms with van der Waals surface area (Å²) in [5.74, 6) is 0.717. The number of thiophene rings is 1. The van der Waals surface area contributed by atoms with Gasteiger partial charge in [0.05, 0.1) is 12.5 Å². The second-order valence-corrected chi connectivity index (χ2v) is 6.72. The minimum atomic E-state index is -0.851. The van der Waals surface area contributed by atoms with Crippen molar-refractivity contribution in [3.8, 4) is 0 Å². The Labute approximate surface area is 126 Å². The van der Waals surface area contributed by atoms with Gasteiger partial charge < -0.3 is 14.9 Å². The average Bonchev–Trinajstić information content (AvgIpc) is 2.90. The molecule has 7 heteroatoms. The van der Waals surface area contributed by atoms with Crippen molar-refractivity contribution in [2.24, 2.45) is 0 Å². The second-order valence-electron chi connectivity index (χ2n) is 4.79. The van der Waals surface area contributed by atoms with Gasteiger partial charge in [-0.2, -0.15) is 23.1 Å². The number of carbonyl (C=O) groups is 2. The van der Waals surface area contributed by atoms with Crippen LogP contribution in [0.25, 0.3) is 0 Å². The summed E-state index contributed by atoms with van der Waals surface area (Å²) in [4.78, 5) is 26.7. The van der Waals surface area contributed by atoms with Crippen molar-refractivity contribution < 1.29 is 14.7 Å². The van der Waals surface area contributed by atoms with Crippen molar-refractivity contribution >= 4 is 35.1 Å². The average molecular weight is 314 g/mol. The molecule has 20 heavy (non-hydrogen) atoms. The first-order valence-corrected chi connectivity index (χ1v) is 8.50. The van der Waals surface area contributed by atoms with Crippen LogP contribution in [0.2, 0.25) is 0 Å². The first-order valence-electron chi connectivity index (χ1n) is 6.40. The van der Waals surface area contributed by atoms with Crippen molar-refractivity contribution in [2.45, 2.75) is 19.0 Å². The van der Waals surface area contributed by atoms with Crippen LogP contribution in [0.5, 0.6) is 0 Å². The van der Waals surface area contributed by atoms with Crippen molar-refractivity contribution in [1.82, 2.24) is 9.80 Å². The Morgan fingerprint density at radius 2 is 2.35 bits per heavy atom. The predicted octanol–water partition coefficient (Wildman–Crippen LogP) is 2.19. The number of nitrogens with zero attached hydrogens (tertiary/aromatic N) is 2. The maximum atomic E-state index is 12.5. The summed E-state index contributed by atoms with van der Waals surface area (Å²) >= 11 is 3.31. The van der Waals surface area contributed by atoms with Gasteiger partial charge in [0.1, 0.15) is 0 Å². The molecule has 0 aromatic carbocycles. The highest BCUT2D eigenvalue weighted by atomic mass is 32.2. The predicted molar refractivity (Wildman–Crippen MR) is 81.3 cm³/mol. The number of aliphatic carboxylic acids is 1. The molecule has 0 radical (unpaired) electrons. The third kappa shape index (κ3) is 3.89. The largest absolute Gasteiger partial charge is 0.481 e. The van der Waals surface area contributed by atoms with E-state index in [1.54, 1.807) is 39.9 Å². The van der Waals surface area contributed by atoms with Crippen LogP contribution in [-0.2, 0) is 11.3 Å². The fourth-order valence-electron chi connectivity index (χ4n) is 2.22. The van der Waals surface area contributed by atoms with Gasteiger partial charge in [-0.3, -0.25) is 4.79 Å². The lowest BCUT2D eigenvalue weighted by molar-refractivity contribution is -0.138. The number of hydrogen-bond acceptors (Lipinski definition) is 4. The summed E-state index contributed by atoms with van der Waals surface area (Å²) in [5.41, 5.74) is 1.10. The Morgan fingerprint density at radius 3 is 3.00 bits per heavy atom. The molecule has 1 aromatic heterocycles. The van der Waals surface area contributed by atoms with Gasteiger partial charge in [-0.15, -0.1) is 0 Å². The molecule has 1 atom stereocenters. The van der Waals surface area contributed by atoms with E-state index in [2.05, 4.69) is 0 Å². The molecule has 1 fully saturated rings. The third-order valence-electron chi connectivity index (χ3n) is 3.21. The topological polar surface area (TPSA) is 60.9 Å². The van der Waals surface area contributed by atoms with Crippen LogP contribution in [0, 0.1) is 0 Å². The zero-order valence-electron chi connectivity index (χ0n) is 11.3. The molecule has 2 rings (SSSR count). The zero-order valence-corrected chi connectivity index (χ0v) is 13.0. The summed E-state index contributed by atoms with van der Waals surface area (Å²) in [5, 5.41) is 13.0. The van der Waals surface area contributed by atoms with Gasteiger partial charge in [0.25, 0.3) is 0 Å². The molecule has 2 amide bonds. The van der Waals surface area contributed by atoms with Crippen molar-refractivity contribution in [1.29, 1.82) is 0 Å². The molecule has 0 aliphatic carbocycles. The van der Waals surface area contributed by atoms with Gasteiger partial charge in [0.15, 0.2) is 0 Å². The zero-order chi connectivity index (χ0) is 14.5. The van der Waals surface area contributed by atoms with Gasteiger partial charge in [-0.05, 0) is 22.4 Å². The quantitative estimate of drug-likeness (QED) is 0.925. The highest BCUT2D eigenvalue weighted by molar-refractivity contribution is 7.99. The summed E-state index contributed by atoms with van der Waals surface area (Å²) in [6, 6.07) is 1.71. The van der Waals surface area contributed by atoms with Crippen LogP contribution in [-0.4, -0.2) is 58.0 Å². The van der Waals surface area contributed by atoms with Crippen molar-refractivity contribution in [3.05, 3.63) is 22.4 Å². The van der Waals surface area contributed by atoms with Gasteiger partial charge >= 0.3 is 12.0 Å². The molecule has 0 spiro atoms. The maximum absolute atomic E-state index is 12.5. The number of carboxylic acids is 1. The standard InChI is InChI=1S/C13H18N2O3S2/c1-14(7-10-2-4-19-8-10)13(18)15-3-5-20-9-11(15)6-12(16)17/h2,4,8,11H,3,5-7,9H2,1H3,(H,16,17). The van der Waals surface area contributed by atoms with Crippen LogP contribution in [0.15, 0.2) is 16.8 Å². The Hall–Kier alpha value is -1.21. The van der Waals surface area contributed by atoms with Crippen LogP contribution in [0.3, 0.4) is 0 Å². The van der Waals surface area contributed by atoms with Gasteiger partial charge in [-0.1, -0.05) is 0 Å². The molecule has 1 saturated heterocycles. The lowest BCUT2D eigenvalue weighted by Gasteiger charge is -2.37. The van der Waals surface area contributed by atoms with E-state index in [1.165, 1.54) is 0 Å². The van der Waals surface area contributed by atoms with E-state index in [0.717, 1.165) is 11.3 Å². The van der Waals surface area contributed by atoms with Crippen molar-refractivity contribution in [2.75, 3.05) is 25.1 Å². The number of carbonyl (C=O) groups excluding carboxylic acids is 1. The van der Waals surface area contributed by atoms with Crippen LogP contribution in [0.4, 0.5) is 4.79 Å². The number of rotatable bonds is 4. The number of carboxylic acid groups (broad SMARTS) is 1. The van der Waals surface area contributed by atoms with E-state index >= 15 is 0 Å². The summed E-state index contributed by atoms with van der Waals surface area (Å²) in [6.45, 7) is 1.18. The number of thioether (sulfide) groups is 1. The number of hydrogen-bond donors (Lipinski definition) is 1. The van der Waals surface area contributed by atoms with E-state index in [9.17, 15) is 9.59 Å². The smallest absolute Gasteiger partial charge is 0.320 e. The second kappa shape index (κ2) is 6.99. The molecule has 1 aliphatic heterocycles. The van der Waals surface area contributed by atoms with E-state index in [-0.39, 0.29) is 18.5 Å². The molecule has 1 aromatic rings. The molecule has 110 valence electrons. The maximum Gasteiger partial charge on any atom is 0.320 e. The molecule has 1 N–H and O–H groups in total. The van der Waals surface area contributed by atoms with Gasteiger partial charge in [-0.25, -0.2) is 4.79 Å². The number of urea groups is 1. The fourth-order valence-corrected chi connectivity index (χ4v) is 3.94. The Bertz CT molecular complexity index is 464. The van der Waals surface area contributed by atoms with E-state index in [0.29, 0.717) is 18.8 Å². The van der Waals surface area contributed by atoms with E-state index < -0.39 is 5.97 Å². The molecule has 0 bridgehead atoms. The highest BCUT2D eigenvalue weighted by Crippen LogP contribution is 2.21. The van der Waals surface area contributed by atoms with Crippen LogP contribution < -0.4 is 0 Å². The first-order chi connectivity index (χ1) is 9.58. The van der Waals surface area contributed by atoms with Gasteiger partial charge in [0.2, 0.25) is 0 Å². The molecule has 2 heterocycles. The normalized spacial score (nSPS) is 18.9. The monoisotopic (exact) mass is 314 g/mol. The molecule has 1 aliphatic rings. The summed E-state index contributed by atoms with van der Waals surface area (Å²) in [6.07, 6.45) is 0.0189. The summed E-state index contributed by atoms with van der Waals surface area (Å²) < 4.78 is 0. The van der Waals surface area contributed by atoms with E-state index in [4.69, 9.17) is 5.11 Å². The third-order valence-corrected chi connectivity index (χ3v) is 5.03. The van der Waals surface area contributed by atoms with Crippen LogP contribution >= 0.6 is 23.1 Å². The molecule has 5 nitrogen and oxygen atoms in total. The highest BCUT2D eigenvalue weighted by Gasteiger charge is 2.30. The van der Waals surface area contributed by atoms with Gasteiger partial charge in [0, 0.05) is 31.6 Å². The Kier molecular flexibility index (Phi) is 5.31. The molecule has 1 unspecified atom stereocenters. The Morgan fingerprint density at radius 1 is 1.55 bits per heavy atom.